The van der Waals surface area contributed by atoms with Gasteiger partial charge in [-0.3, -0.25) is 0 Å². The van der Waals surface area contributed by atoms with Crippen LogP contribution >= 0.6 is 21.6 Å². The van der Waals surface area contributed by atoms with E-state index >= 15 is 0 Å². The van der Waals surface area contributed by atoms with Gasteiger partial charge in [0, 0.05) is 5.75 Å². The summed E-state index contributed by atoms with van der Waals surface area (Å²) in [7, 11) is 3.69. The zero-order chi connectivity index (χ0) is 3.54. The molecule has 1 aliphatic rings. The molecule has 6 heavy (non-hydrogen) atoms. The van der Waals surface area contributed by atoms with E-state index in [4.69, 9.17) is 0 Å². The van der Waals surface area contributed by atoms with Crippen LogP contribution in [0.25, 0.3) is 0 Å². The van der Waals surface area contributed by atoms with Gasteiger partial charge in [0.2, 0.25) is 0 Å². The molecule has 1 atom stereocenters. The molecular weight excluding hydrogens is 175 g/mol. The SMILES string of the molecule is C1=CSSC1.[AsH3]. The Hall–Kier alpha value is 0.998. The average Bonchev–Trinajstić information content (AvgIpc) is 1.76. The molecule has 3 heteroatoms. The standard InChI is InChI=1S/C3H4S2.AsH3/c1-2-4-5-3-1;/h1-2H,3H2;1H3. The van der Waals surface area contributed by atoms with Gasteiger partial charge in [-0.1, -0.05) is 27.7 Å². The summed E-state index contributed by atoms with van der Waals surface area (Å²) in [5.74, 6) is 1.20. The van der Waals surface area contributed by atoms with Gasteiger partial charge in [0.15, 0.2) is 0 Å². The fourth-order valence-electron chi connectivity index (χ4n) is 0.196. The first-order chi connectivity index (χ1) is 2.50. The van der Waals surface area contributed by atoms with Crippen molar-refractivity contribution in [2.24, 2.45) is 0 Å². The number of hydrogen-bond acceptors (Lipinski definition) is 2. The zero-order valence-electron chi connectivity index (χ0n) is 3.39. The van der Waals surface area contributed by atoms with E-state index in [1.165, 1.54) is 5.75 Å². The summed E-state index contributed by atoms with van der Waals surface area (Å²) in [6.45, 7) is 0. The minimum atomic E-state index is 0. The van der Waals surface area contributed by atoms with Crippen molar-refractivity contribution in [3.05, 3.63) is 11.5 Å². The second-order valence-electron chi connectivity index (χ2n) is 0.753. The van der Waals surface area contributed by atoms with Crippen molar-refractivity contribution < 1.29 is 0 Å². The minimum absolute atomic E-state index is 0. The van der Waals surface area contributed by atoms with Crippen molar-refractivity contribution in [1.29, 1.82) is 0 Å². The Bertz CT molecular complexity index is 46.8. The Morgan fingerprint density at radius 1 is 1.50 bits per heavy atom. The number of hydrogen-bond donors (Lipinski definition) is 0. The van der Waals surface area contributed by atoms with E-state index in [9.17, 15) is 0 Å². The summed E-state index contributed by atoms with van der Waals surface area (Å²) in [5.41, 5.74) is 0. The van der Waals surface area contributed by atoms with E-state index in [1.807, 2.05) is 21.6 Å². The molecule has 0 aromatic rings. The summed E-state index contributed by atoms with van der Waals surface area (Å²) in [4.78, 5) is 0. The van der Waals surface area contributed by atoms with Crippen LogP contribution in [-0.4, -0.2) is 23.7 Å². The number of rotatable bonds is 0. The van der Waals surface area contributed by atoms with Gasteiger partial charge in [0.1, 0.15) is 0 Å². The molecule has 36 valence electrons. The predicted octanol–water partition coefficient (Wildman–Crippen LogP) is 0.711. The van der Waals surface area contributed by atoms with Crippen molar-refractivity contribution in [2.45, 2.75) is 0 Å². The van der Waals surface area contributed by atoms with Crippen LogP contribution in [0.3, 0.4) is 0 Å². The molecular formula is C3H7AsS2. The second kappa shape index (κ2) is 4.17. The Balaban J connectivity index is 0.000000250. The van der Waals surface area contributed by atoms with Crippen LogP contribution in [0.2, 0.25) is 0 Å². The molecule has 0 N–H and O–H groups in total. The molecule has 0 aliphatic carbocycles. The first-order valence-electron chi connectivity index (χ1n) is 1.43. The molecule has 0 saturated heterocycles. The molecule has 1 aliphatic heterocycles. The molecule has 0 spiro atoms. The van der Waals surface area contributed by atoms with E-state index < -0.39 is 0 Å². The van der Waals surface area contributed by atoms with Crippen LogP contribution in [0.5, 0.6) is 0 Å². The molecule has 0 aromatic heterocycles. The quantitative estimate of drug-likeness (QED) is 0.399. The van der Waals surface area contributed by atoms with Crippen molar-refractivity contribution in [3.8, 4) is 0 Å². The predicted molar refractivity (Wildman–Crippen MR) is 39.1 cm³/mol. The average molecular weight is 182 g/mol. The van der Waals surface area contributed by atoms with E-state index in [0.717, 1.165) is 0 Å². The van der Waals surface area contributed by atoms with Gasteiger partial charge >= 0.3 is 18.0 Å². The van der Waals surface area contributed by atoms with Gasteiger partial charge in [0.25, 0.3) is 0 Å². The van der Waals surface area contributed by atoms with Gasteiger partial charge in [-0.2, -0.15) is 0 Å². The van der Waals surface area contributed by atoms with Crippen LogP contribution in [0, 0.1) is 0 Å². The van der Waals surface area contributed by atoms with Gasteiger partial charge in [-0.25, -0.2) is 0 Å². The third kappa shape index (κ3) is 2.22. The van der Waals surface area contributed by atoms with E-state index in [1.54, 1.807) is 0 Å². The molecule has 0 bridgehead atoms. The van der Waals surface area contributed by atoms with Crippen molar-refractivity contribution in [1.82, 2.24) is 0 Å². The summed E-state index contributed by atoms with van der Waals surface area (Å²) in [6, 6.07) is 0. The Kier molecular flexibility index (Phi) is 4.86. The van der Waals surface area contributed by atoms with Crippen LogP contribution in [0.4, 0.5) is 0 Å². The normalized spacial score (nSPS) is 17.3. The van der Waals surface area contributed by atoms with Crippen LogP contribution in [0.15, 0.2) is 11.5 Å². The molecule has 0 fully saturated rings. The van der Waals surface area contributed by atoms with Crippen LogP contribution in [0.1, 0.15) is 0 Å². The molecule has 0 radical (unpaired) electrons. The van der Waals surface area contributed by atoms with E-state index in [-0.39, 0.29) is 18.0 Å². The molecule has 1 rings (SSSR count). The topological polar surface area (TPSA) is 0 Å². The third-order valence-electron chi connectivity index (χ3n) is 0.384. The summed E-state index contributed by atoms with van der Waals surface area (Å²) in [6.07, 6.45) is 2.16. The van der Waals surface area contributed by atoms with Crippen molar-refractivity contribution >= 4 is 39.5 Å². The summed E-state index contributed by atoms with van der Waals surface area (Å²) in [5, 5.41) is 2.12. The fourth-order valence-corrected chi connectivity index (χ4v) is 1.77. The zero-order valence-corrected chi connectivity index (χ0v) is 7.99. The third-order valence-corrected chi connectivity index (χ3v) is 2.30. The molecule has 0 aromatic carbocycles. The fraction of sp³-hybridized carbons (Fsp3) is 0.333. The summed E-state index contributed by atoms with van der Waals surface area (Å²) >= 11 is 0. The molecule has 0 nitrogen and oxygen atoms in total. The Morgan fingerprint density at radius 3 is 2.50 bits per heavy atom. The second-order valence-corrected chi connectivity index (χ2v) is 3.07. The first-order valence-corrected chi connectivity index (χ1v) is 3.81. The van der Waals surface area contributed by atoms with Gasteiger partial charge in [-0.05, 0) is 5.41 Å². The van der Waals surface area contributed by atoms with Gasteiger partial charge in [0.05, 0.1) is 0 Å². The first kappa shape index (κ1) is 7.00. The Morgan fingerprint density at radius 2 is 2.33 bits per heavy atom. The van der Waals surface area contributed by atoms with Crippen LogP contribution < -0.4 is 0 Å². The van der Waals surface area contributed by atoms with E-state index in [2.05, 4.69) is 11.5 Å². The van der Waals surface area contributed by atoms with E-state index in [0.29, 0.717) is 0 Å². The Labute approximate surface area is 56.9 Å². The molecule has 0 saturated carbocycles. The molecule has 1 heterocycles. The monoisotopic (exact) mass is 182 g/mol. The molecule has 0 amide bonds. The molecule has 1 unspecified atom stereocenters. The maximum atomic E-state index is 2.16. The maximum absolute atomic E-state index is 2.16. The van der Waals surface area contributed by atoms with Crippen molar-refractivity contribution in [3.63, 3.8) is 0 Å². The van der Waals surface area contributed by atoms with Crippen molar-refractivity contribution in [2.75, 3.05) is 5.75 Å². The summed E-state index contributed by atoms with van der Waals surface area (Å²) < 4.78 is 0. The van der Waals surface area contributed by atoms with Gasteiger partial charge < -0.3 is 0 Å². The van der Waals surface area contributed by atoms with Gasteiger partial charge in [-0.15, -0.1) is 0 Å². The van der Waals surface area contributed by atoms with Crippen LogP contribution in [-0.2, 0) is 0 Å².